The number of aromatic amines is 1. The van der Waals surface area contributed by atoms with Crippen molar-refractivity contribution in [3.63, 3.8) is 0 Å². The quantitative estimate of drug-likeness (QED) is 0.447. The first kappa shape index (κ1) is 21.8. The standard InChI is InChI=1S/C19H21N5O4S2/c1-13-7-8-15(11-16(13)30(20,27)28)21-17(25)12-29-19-23-22-18(26)24(19)10-9-14-5-3-2-4-6-14/h2-8,11H,9-10,12H2,1H3,(H,21,25)(H,22,26)(H2,20,27,28). The summed E-state index contributed by atoms with van der Waals surface area (Å²) in [7, 11) is -3.89. The van der Waals surface area contributed by atoms with Crippen LogP contribution in [0.5, 0.6) is 0 Å². The predicted molar refractivity (Wildman–Crippen MR) is 115 cm³/mol. The normalized spacial score (nSPS) is 11.4. The Morgan fingerprint density at radius 1 is 1.23 bits per heavy atom. The highest BCUT2D eigenvalue weighted by atomic mass is 32.2. The molecule has 1 heterocycles. The number of aromatic nitrogens is 3. The van der Waals surface area contributed by atoms with E-state index in [2.05, 4.69) is 15.5 Å². The number of primary sulfonamides is 1. The van der Waals surface area contributed by atoms with Crippen molar-refractivity contribution in [1.82, 2.24) is 14.8 Å². The molecule has 1 aromatic heterocycles. The highest BCUT2D eigenvalue weighted by molar-refractivity contribution is 7.99. The number of sulfonamides is 1. The predicted octanol–water partition coefficient (Wildman–Crippen LogP) is 1.50. The summed E-state index contributed by atoms with van der Waals surface area (Å²) in [6, 6.07) is 14.2. The molecule has 9 nitrogen and oxygen atoms in total. The van der Waals surface area contributed by atoms with Gasteiger partial charge in [-0.05, 0) is 36.6 Å². The van der Waals surface area contributed by atoms with Gasteiger partial charge in [-0.3, -0.25) is 9.36 Å². The molecule has 30 heavy (non-hydrogen) atoms. The molecule has 4 N–H and O–H groups in total. The second kappa shape index (κ2) is 9.28. The second-order valence-electron chi connectivity index (χ2n) is 6.56. The lowest BCUT2D eigenvalue weighted by Gasteiger charge is -2.09. The average Bonchev–Trinajstić information content (AvgIpc) is 3.06. The van der Waals surface area contributed by atoms with Crippen LogP contribution in [0.1, 0.15) is 11.1 Å². The van der Waals surface area contributed by atoms with Crippen LogP contribution >= 0.6 is 11.8 Å². The summed E-state index contributed by atoms with van der Waals surface area (Å²) in [5, 5.41) is 14.6. The topological polar surface area (TPSA) is 140 Å². The van der Waals surface area contributed by atoms with Gasteiger partial charge in [0.1, 0.15) is 0 Å². The minimum absolute atomic E-state index is 0.00574. The van der Waals surface area contributed by atoms with Gasteiger partial charge >= 0.3 is 5.69 Å². The maximum absolute atomic E-state index is 12.3. The zero-order chi connectivity index (χ0) is 21.7. The van der Waals surface area contributed by atoms with Gasteiger partial charge in [-0.1, -0.05) is 48.2 Å². The number of H-pyrrole nitrogens is 1. The Morgan fingerprint density at radius 2 is 1.97 bits per heavy atom. The maximum Gasteiger partial charge on any atom is 0.343 e. The molecule has 11 heteroatoms. The summed E-state index contributed by atoms with van der Waals surface area (Å²) >= 11 is 1.11. The molecule has 0 bridgehead atoms. The average molecular weight is 448 g/mol. The summed E-state index contributed by atoms with van der Waals surface area (Å²) in [5.41, 5.74) is 1.55. The van der Waals surface area contributed by atoms with Crippen molar-refractivity contribution < 1.29 is 13.2 Å². The third-order valence-corrected chi connectivity index (χ3v) is 6.33. The van der Waals surface area contributed by atoms with Gasteiger partial charge in [-0.2, -0.15) is 0 Å². The van der Waals surface area contributed by atoms with Crippen molar-refractivity contribution in [2.75, 3.05) is 11.1 Å². The number of rotatable bonds is 8. The Morgan fingerprint density at radius 3 is 2.67 bits per heavy atom. The molecule has 1 amide bonds. The molecule has 0 aliphatic carbocycles. The Kier molecular flexibility index (Phi) is 6.75. The number of nitrogens with one attached hydrogen (secondary N) is 2. The van der Waals surface area contributed by atoms with Crippen LogP contribution in [0.2, 0.25) is 0 Å². The van der Waals surface area contributed by atoms with Crippen molar-refractivity contribution >= 4 is 33.4 Å². The van der Waals surface area contributed by atoms with E-state index in [1.165, 1.54) is 10.6 Å². The molecule has 3 rings (SSSR count). The Bertz CT molecular complexity index is 1200. The number of hydrogen-bond acceptors (Lipinski definition) is 6. The Balaban J connectivity index is 1.62. The van der Waals surface area contributed by atoms with Gasteiger partial charge in [-0.25, -0.2) is 23.4 Å². The fourth-order valence-corrected chi connectivity index (χ4v) is 4.39. The molecule has 0 fully saturated rings. The number of nitrogens with zero attached hydrogens (tertiary/aromatic N) is 2. The zero-order valence-corrected chi connectivity index (χ0v) is 17.8. The van der Waals surface area contributed by atoms with Gasteiger partial charge in [0.05, 0.1) is 10.6 Å². The number of carbonyl (C=O) groups excluding carboxylic acids is 1. The third kappa shape index (κ3) is 5.59. The van der Waals surface area contributed by atoms with Crippen LogP contribution in [0.4, 0.5) is 5.69 Å². The van der Waals surface area contributed by atoms with Crippen LogP contribution in [0, 0.1) is 6.92 Å². The molecule has 0 spiro atoms. The molecule has 0 saturated heterocycles. The second-order valence-corrected chi connectivity index (χ2v) is 9.03. The fourth-order valence-electron chi connectivity index (χ4n) is 2.81. The first-order chi connectivity index (χ1) is 14.2. The van der Waals surface area contributed by atoms with Crippen LogP contribution in [-0.4, -0.2) is 34.8 Å². The van der Waals surface area contributed by atoms with Crippen LogP contribution in [-0.2, 0) is 27.8 Å². The molecule has 0 aliphatic rings. The van der Waals surface area contributed by atoms with E-state index in [-0.39, 0.29) is 22.2 Å². The van der Waals surface area contributed by atoms with Crippen LogP contribution in [0.15, 0.2) is 63.4 Å². The van der Waals surface area contributed by atoms with E-state index in [1.807, 2.05) is 30.3 Å². The third-order valence-electron chi connectivity index (χ3n) is 4.30. The van der Waals surface area contributed by atoms with Crippen molar-refractivity contribution in [3.8, 4) is 0 Å². The zero-order valence-electron chi connectivity index (χ0n) is 16.2. The van der Waals surface area contributed by atoms with Crippen LogP contribution in [0.3, 0.4) is 0 Å². The number of anilines is 1. The Labute approximate surface area is 177 Å². The van der Waals surface area contributed by atoms with Gasteiger partial charge in [-0.15, -0.1) is 5.10 Å². The van der Waals surface area contributed by atoms with E-state index >= 15 is 0 Å². The molecule has 158 valence electrons. The number of nitrogens with two attached hydrogens (primary N) is 1. The fraction of sp³-hybridized carbons (Fsp3) is 0.211. The van der Waals surface area contributed by atoms with Crippen LogP contribution < -0.4 is 16.1 Å². The summed E-state index contributed by atoms with van der Waals surface area (Å²) in [6.07, 6.45) is 0.653. The number of amides is 1. The number of aryl methyl sites for hydroxylation is 2. The number of thioether (sulfide) groups is 1. The molecular formula is C19H21N5O4S2. The largest absolute Gasteiger partial charge is 0.343 e. The lowest BCUT2D eigenvalue weighted by atomic mass is 10.1. The van der Waals surface area contributed by atoms with Crippen molar-refractivity contribution in [3.05, 3.63) is 70.1 Å². The summed E-state index contributed by atoms with van der Waals surface area (Å²) in [4.78, 5) is 24.3. The van der Waals surface area contributed by atoms with Crippen molar-refractivity contribution in [2.45, 2.75) is 29.9 Å². The molecule has 0 radical (unpaired) electrons. The lowest BCUT2D eigenvalue weighted by Crippen LogP contribution is -2.20. The molecule has 0 aliphatic heterocycles. The first-order valence-corrected chi connectivity index (χ1v) is 11.5. The minimum Gasteiger partial charge on any atom is -0.325 e. The number of hydrogen-bond donors (Lipinski definition) is 3. The molecular weight excluding hydrogens is 426 g/mol. The number of benzene rings is 2. The van der Waals surface area contributed by atoms with E-state index in [0.29, 0.717) is 29.4 Å². The van der Waals surface area contributed by atoms with Gasteiger partial charge < -0.3 is 5.32 Å². The summed E-state index contributed by atoms with van der Waals surface area (Å²) < 4.78 is 24.7. The molecule has 3 aromatic rings. The van der Waals surface area contributed by atoms with Gasteiger partial charge in [0.15, 0.2) is 5.16 Å². The van der Waals surface area contributed by atoms with E-state index in [1.54, 1.807) is 19.1 Å². The SMILES string of the molecule is Cc1ccc(NC(=O)CSc2n[nH]c(=O)n2CCc2ccccc2)cc1S(N)(=O)=O. The molecule has 2 aromatic carbocycles. The van der Waals surface area contributed by atoms with Gasteiger partial charge in [0.25, 0.3) is 0 Å². The summed E-state index contributed by atoms with van der Waals surface area (Å²) in [5.74, 6) is -0.372. The minimum atomic E-state index is -3.89. The molecule has 0 unspecified atom stereocenters. The van der Waals surface area contributed by atoms with E-state index < -0.39 is 10.0 Å². The first-order valence-electron chi connectivity index (χ1n) is 8.99. The lowest BCUT2D eigenvalue weighted by molar-refractivity contribution is -0.113. The monoisotopic (exact) mass is 447 g/mol. The molecule has 0 atom stereocenters. The highest BCUT2D eigenvalue weighted by Crippen LogP contribution is 2.20. The van der Waals surface area contributed by atoms with E-state index in [0.717, 1.165) is 17.3 Å². The van der Waals surface area contributed by atoms with Crippen molar-refractivity contribution in [1.29, 1.82) is 0 Å². The Hall–Kier alpha value is -2.89. The van der Waals surface area contributed by atoms with Gasteiger partial charge in [0.2, 0.25) is 15.9 Å². The van der Waals surface area contributed by atoms with E-state index in [4.69, 9.17) is 5.14 Å². The maximum atomic E-state index is 12.3. The highest BCUT2D eigenvalue weighted by Gasteiger charge is 2.15. The van der Waals surface area contributed by atoms with E-state index in [9.17, 15) is 18.0 Å². The number of carbonyl (C=O) groups is 1. The summed E-state index contributed by atoms with van der Waals surface area (Å²) in [6.45, 7) is 2.05. The smallest absolute Gasteiger partial charge is 0.325 e. The molecule has 0 saturated carbocycles. The van der Waals surface area contributed by atoms with Gasteiger partial charge in [0, 0.05) is 12.2 Å². The van der Waals surface area contributed by atoms with Crippen molar-refractivity contribution in [2.24, 2.45) is 5.14 Å². The van der Waals surface area contributed by atoms with Crippen LogP contribution in [0.25, 0.3) is 0 Å².